The molecule has 2 amide bonds. The van der Waals surface area contributed by atoms with Gasteiger partial charge in [0.25, 0.3) is 0 Å². The van der Waals surface area contributed by atoms with Crippen LogP contribution in [0.3, 0.4) is 0 Å². The third-order valence-corrected chi connectivity index (χ3v) is 3.40. The number of ether oxygens (including phenoxy) is 1. The first kappa shape index (κ1) is 19.4. The molecule has 0 spiro atoms. The zero-order valence-electron chi connectivity index (χ0n) is 14.8. The van der Waals surface area contributed by atoms with Crippen molar-refractivity contribution in [2.75, 3.05) is 16.8 Å². The van der Waals surface area contributed by atoms with Gasteiger partial charge < -0.3 is 10.1 Å². The Balaban J connectivity index is 2.10. The third-order valence-electron chi connectivity index (χ3n) is 3.40. The van der Waals surface area contributed by atoms with Crippen molar-refractivity contribution in [3.05, 3.63) is 54.1 Å². The standard InChI is InChI=1S/C19H20F2N2O3/c1-12(2)26-15-9-7-14(8-10-15)22-18(25)11-23(13(3)24)19-16(20)5-4-6-17(19)21/h4-10,12H,11H2,1-3H3,(H,22,25). The van der Waals surface area contributed by atoms with Gasteiger partial charge in [0.15, 0.2) is 0 Å². The molecule has 0 unspecified atom stereocenters. The van der Waals surface area contributed by atoms with Crippen LogP contribution in [0, 0.1) is 11.6 Å². The minimum atomic E-state index is -0.914. The second-order valence-corrected chi connectivity index (χ2v) is 5.91. The molecule has 138 valence electrons. The van der Waals surface area contributed by atoms with Crippen molar-refractivity contribution < 1.29 is 23.1 Å². The fourth-order valence-electron chi connectivity index (χ4n) is 2.33. The van der Waals surface area contributed by atoms with Gasteiger partial charge in [-0.2, -0.15) is 0 Å². The molecule has 0 radical (unpaired) electrons. The Kier molecular flexibility index (Phi) is 6.27. The average Bonchev–Trinajstić information content (AvgIpc) is 2.55. The molecule has 0 heterocycles. The number of para-hydroxylation sites is 1. The number of benzene rings is 2. The highest BCUT2D eigenvalue weighted by molar-refractivity contribution is 6.01. The summed E-state index contributed by atoms with van der Waals surface area (Å²) in [6.45, 7) is 4.41. The van der Waals surface area contributed by atoms with Gasteiger partial charge in [0.2, 0.25) is 11.8 Å². The van der Waals surface area contributed by atoms with Crippen molar-refractivity contribution in [2.45, 2.75) is 26.9 Å². The maximum Gasteiger partial charge on any atom is 0.244 e. The highest BCUT2D eigenvalue weighted by atomic mass is 19.1. The SMILES string of the molecule is CC(=O)N(CC(=O)Nc1ccc(OC(C)C)cc1)c1c(F)cccc1F. The van der Waals surface area contributed by atoms with Gasteiger partial charge in [0.1, 0.15) is 29.6 Å². The lowest BCUT2D eigenvalue weighted by Gasteiger charge is -2.21. The summed E-state index contributed by atoms with van der Waals surface area (Å²) < 4.78 is 33.3. The molecule has 2 aromatic carbocycles. The van der Waals surface area contributed by atoms with E-state index in [0.717, 1.165) is 24.0 Å². The lowest BCUT2D eigenvalue weighted by atomic mass is 10.2. The zero-order chi connectivity index (χ0) is 19.3. The summed E-state index contributed by atoms with van der Waals surface area (Å²) in [5, 5.41) is 2.58. The quantitative estimate of drug-likeness (QED) is 0.852. The smallest absolute Gasteiger partial charge is 0.244 e. The van der Waals surface area contributed by atoms with Crippen LogP contribution in [0.5, 0.6) is 5.75 Å². The van der Waals surface area contributed by atoms with Crippen molar-refractivity contribution in [3.63, 3.8) is 0 Å². The Bertz CT molecular complexity index is 772. The Labute approximate surface area is 150 Å². The maximum absolute atomic E-state index is 13.9. The summed E-state index contributed by atoms with van der Waals surface area (Å²) in [7, 11) is 0. The molecule has 0 saturated carbocycles. The molecule has 0 fully saturated rings. The Hall–Kier alpha value is -2.96. The second kappa shape index (κ2) is 8.42. The largest absolute Gasteiger partial charge is 0.491 e. The molecule has 0 bridgehead atoms. The fraction of sp³-hybridized carbons (Fsp3) is 0.263. The van der Waals surface area contributed by atoms with E-state index in [1.54, 1.807) is 24.3 Å². The van der Waals surface area contributed by atoms with E-state index in [9.17, 15) is 18.4 Å². The summed E-state index contributed by atoms with van der Waals surface area (Å²) in [5.74, 6) is -2.41. The Morgan fingerprint density at radius 2 is 1.65 bits per heavy atom. The van der Waals surface area contributed by atoms with E-state index in [-0.39, 0.29) is 6.10 Å². The average molecular weight is 362 g/mol. The van der Waals surface area contributed by atoms with Crippen LogP contribution in [0.1, 0.15) is 20.8 Å². The number of carbonyl (C=O) groups is 2. The van der Waals surface area contributed by atoms with E-state index in [1.165, 1.54) is 6.07 Å². The molecule has 0 atom stereocenters. The van der Waals surface area contributed by atoms with Crippen molar-refractivity contribution >= 4 is 23.2 Å². The van der Waals surface area contributed by atoms with Gasteiger partial charge in [0.05, 0.1) is 6.10 Å². The Morgan fingerprint density at radius 1 is 1.08 bits per heavy atom. The van der Waals surface area contributed by atoms with Gasteiger partial charge in [-0.1, -0.05) is 6.07 Å². The number of hydrogen-bond donors (Lipinski definition) is 1. The maximum atomic E-state index is 13.9. The van der Waals surface area contributed by atoms with E-state index in [4.69, 9.17) is 4.74 Å². The number of hydrogen-bond acceptors (Lipinski definition) is 3. The number of nitrogens with zero attached hydrogens (tertiary/aromatic N) is 1. The van der Waals surface area contributed by atoms with Crippen LogP contribution in [0.25, 0.3) is 0 Å². The van der Waals surface area contributed by atoms with Crippen molar-refractivity contribution in [3.8, 4) is 5.75 Å². The second-order valence-electron chi connectivity index (χ2n) is 5.91. The summed E-state index contributed by atoms with van der Waals surface area (Å²) >= 11 is 0. The molecule has 1 N–H and O–H groups in total. The van der Waals surface area contributed by atoms with E-state index in [2.05, 4.69) is 5.32 Å². The van der Waals surface area contributed by atoms with E-state index in [1.807, 2.05) is 13.8 Å². The molecule has 7 heteroatoms. The lowest BCUT2D eigenvalue weighted by Crippen LogP contribution is -2.37. The number of nitrogens with one attached hydrogen (secondary N) is 1. The summed E-state index contributed by atoms with van der Waals surface area (Å²) in [6, 6.07) is 9.89. The molecule has 0 aliphatic carbocycles. The molecular weight excluding hydrogens is 342 g/mol. The molecule has 26 heavy (non-hydrogen) atoms. The van der Waals surface area contributed by atoms with Gasteiger partial charge in [-0.3, -0.25) is 14.5 Å². The predicted molar refractivity (Wildman–Crippen MR) is 95.2 cm³/mol. The number of halogens is 2. The fourth-order valence-corrected chi connectivity index (χ4v) is 2.33. The first-order valence-corrected chi connectivity index (χ1v) is 8.06. The van der Waals surface area contributed by atoms with Gasteiger partial charge in [-0.05, 0) is 50.2 Å². The number of rotatable bonds is 6. The minimum absolute atomic E-state index is 0.0234. The molecule has 0 aliphatic rings. The normalized spacial score (nSPS) is 10.5. The molecule has 0 aliphatic heterocycles. The highest BCUT2D eigenvalue weighted by Crippen LogP contribution is 2.23. The highest BCUT2D eigenvalue weighted by Gasteiger charge is 2.22. The van der Waals surface area contributed by atoms with Gasteiger partial charge >= 0.3 is 0 Å². The van der Waals surface area contributed by atoms with Crippen molar-refractivity contribution in [1.29, 1.82) is 0 Å². The summed E-state index contributed by atoms with van der Waals surface area (Å²) in [6.07, 6.45) is 0.0234. The molecule has 0 aromatic heterocycles. The monoisotopic (exact) mass is 362 g/mol. The van der Waals surface area contributed by atoms with E-state index < -0.39 is 35.7 Å². The van der Waals surface area contributed by atoms with Crippen LogP contribution in [-0.4, -0.2) is 24.5 Å². The zero-order valence-corrected chi connectivity index (χ0v) is 14.8. The van der Waals surface area contributed by atoms with Crippen molar-refractivity contribution in [2.24, 2.45) is 0 Å². The van der Waals surface area contributed by atoms with Crippen LogP contribution in [0.2, 0.25) is 0 Å². The number of carbonyl (C=O) groups excluding carboxylic acids is 2. The van der Waals surface area contributed by atoms with Gasteiger partial charge in [0, 0.05) is 12.6 Å². The minimum Gasteiger partial charge on any atom is -0.491 e. The van der Waals surface area contributed by atoms with Crippen molar-refractivity contribution in [1.82, 2.24) is 0 Å². The Morgan fingerprint density at radius 3 is 2.15 bits per heavy atom. The molecule has 2 aromatic rings. The third kappa shape index (κ3) is 5.02. The first-order valence-electron chi connectivity index (χ1n) is 8.06. The molecular formula is C19H20F2N2O3. The van der Waals surface area contributed by atoms with Crippen LogP contribution in [0.4, 0.5) is 20.2 Å². The number of anilines is 2. The van der Waals surface area contributed by atoms with Gasteiger partial charge in [-0.15, -0.1) is 0 Å². The molecule has 0 saturated heterocycles. The topological polar surface area (TPSA) is 58.6 Å². The predicted octanol–water partition coefficient (Wildman–Crippen LogP) is 3.74. The van der Waals surface area contributed by atoms with Crippen LogP contribution >= 0.6 is 0 Å². The molecule has 5 nitrogen and oxygen atoms in total. The van der Waals surface area contributed by atoms with Crippen LogP contribution in [-0.2, 0) is 9.59 Å². The van der Waals surface area contributed by atoms with Gasteiger partial charge in [-0.25, -0.2) is 8.78 Å². The summed E-state index contributed by atoms with van der Waals surface area (Å²) in [4.78, 5) is 24.7. The summed E-state index contributed by atoms with van der Waals surface area (Å²) in [5.41, 5.74) is -0.0700. The first-order chi connectivity index (χ1) is 12.3. The van der Waals surface area contributed by atoms with Crippen LogP contribution < -0.4 is 15.0 Å². The van der Waals surface area contributed by atoms with E-state index >= 15 is 0 Å². The lowest BCUT2D eigenvalue weighted by molar-refractivity contribution is -0.120. The number of amides is 2. The van der Waals surface area contributed by atoms with Crippen LogP contribution in [0.15, 0.2) is 42.5 Å². The van der Waals surface area contributed by atoms with E-state index in [0.29, 0.717) is 11.4 Å². The molecule has 2 rings (SSSR count).